The molecule has 0 aliphatic heterocycles. The maximum Gasteiger partial charge on any atom is 0.257 e. The van der Waals surface area contributed by atoms with E-state index in [1.165, 1.54) is 12.1 Å². The van der Waals surface area contributed by atoms with Crippen molar-refractivity contribution in [2.45, 2.75) is 6.10 Å². The monoisotopic (exact) mass is 279 g/mol. The van der Waals surface area contributed by atoms with E-state index in [1.54, 1.807) is 30.3 Å². The van der Waals surface area contributed by atoms with Gasteiger partial charge in [-0.05, 0) is 23.8 Å². The SMILES string of the molecule is O=C(Nc1ccc(Cl)c(F)c1)C(O)c1ccccc1. The summed E-state index contributed by atoms with van der Waals surface area (Å²) in [5, 5.41) is 12.2. The second kappa shape index (κ2) is 5.82. The van der Waals surface area contributed by atoms with Crippen LogP contribution in [0.25, 0.3) is 0 Å². The summed E-state index contributed by atoms with van der Waals surface area (Å²) in [7, 11) is 0. The maximum atomic E-state index is 13.2. The number of aliphatic hydroxyl groups is 1. The Morgan fingerprint density at radius 3 is 2.53 bits per heavy atom. The molecule has 19 heavy (non-hydrogen) atoms. The number of carbonyl (C=O) groups is 1. The lowest BCUT2D eigenvalue weighted by atomic mass is 10.1. The molecule has 0 aromatic heterocycles. The summed E-state index contributed by atoms with van der Waals surface area (Å²) < 4.78 is 13.2. The fourth-order valence-corrected chi connectivity index (χ4v) is 1.69. The van der Waals surface area contributed by atoms with Crippen LogP contribution in [0.15, 0.2) is 48.5 Å². The van der Waals surface area contributed by atoms with Crippen LogP contribution >= 0.6 is 11.6 Å². The predicted octanol–water partition coefficient (Wildman–Crippen LogP) is 3.15. The lowest BCUT2D eigenvalue weighted by Crippen LogP contribution is -2.20. The van der Waals surface area contributed by atoms with E-state index in [-0.39, 0.29) is 10.7 Å². The zero-order chi connectivity index (χ0) is 13.8. The molecule has 0 fully saturated rings. The predicted molar refractivity (Wildman–Crippen MR) is 71.4 cm³/mol. The van der Waals surface area contributed by atoms with Gasteiger partial charge in [0.2, 0.25) is 0 Å². The van der Waals surface area contributed by atoms with Gasteiger partial charge in [-0.15, -0.1) is 0 Å². The van der Waals surface area contributed by atoms with Crippen LogP contribution in [0.4, 0.5) is 10.1 Å². The molecule has 1 amide bonds. The molecule has 2 rings (SSSR count). The Labute approximate surface area is 114 Å². The van der Waals surface area contributed by atoms with Gasteiger partial charge in [0.1, 0.15) is 5.82 Å². The van der Waals surface area contributed by atoms with E-state index in [9.17, 15) is 14.3 Å². The molecule has 0 bridgehead atoms. The van der Waals surface area contributed by atoms with Crippen LogP contribution < -0.4 is 5.32 Å². The highest BCUT2D eigenvalue weighted by molar-refractivity contribution is 6.30. The van der Waals surface area contributed by atoms with E-state index < -0.39 is 17.8 Å². The summed E-state index contributed by atoms with van der Waals surface area (Å²) in [6.07, 6.45) is -1.31. The van der Waals surface area contributed by atoms with E-state index in [2.05, 4.69) is 5.32 Å². The van der Waals surface area contributed by atoms with Crippen LogP contribution in [-0.2, 0) is 4.79 Å². The van der Waals surface area contributed by atoms with E-state index >= 15 is 0 Å². The van der Waals surface area contributed by atoms with Gasteiger partial charge in [0, 0.05) is 5.69 Å². The molecule has 0 saturated carbocycles. The van der Waals surface area contributed by atoms with Crippen LogP contribution in [0.1, 0.15) is 11.7 Å². The minimum absolute atomic E-state index is 0.0263. The van der Waals surface area contributed by atoms with E-state index in [1.807, 2.05) is 0 Å². The van der Waals surface area contributed by atoms with Crippen molar-refractivity contribution in [1.82, 2.24) is 0 Å². The number of hydrogen-bond donors (Lipinski definition) is 2. The Hall–Kier alpha value is -1.91. The number of hydrogen-bond acceptors (Lipinski definition) is 2. The molecule has 2 N–H and O–H groups in total. The van der Waals surface area contributed by atoms with E-state index in [0.29, 0.717) is 5.56 Å². The Morgan fingerprint density at radius 1 is 1.21 bits per heavy atom. The molecular weight excluding hydrogens is 269 g/mol. The van der Waals surface area contributed by atoms with Gasteiger partial charge >= 0.3 is 0 Å². The van der Waals surface area contributed by atoms with Gasteiger partial charge in [-0.1, -0.05) is 41.9 Å². The number of amides is 1. The maximum absolute atomic E-state index is 13.2. The molecule has 2 aromatic carbocycles. The molecule has 3 nitrogen and oxygen atoms in total. The lowest BCUT2D eigenvalue weighted by molar-refractivity contribution is -0.124. The third-order valence-corrected chi connectivity index (χ3v) is 2.86. The van der Waals surface area contributed by atoms with Crippen molar-refractivity contribution in [3.63, 3.8) is 0 Å². The van der Waals surface area contributed by atoms with Crippen LogP contribution in [0.2, 0.25) is 5.02 Å². The average molecular weight is 280 g/mol. The van der Waals surface area contributed by atoms with Gasteiger partial charge in [-0.2, -0.15) is 0 Å². The standard InChI is InChI=1S/C14H11ClFNO2/c15-11-7-6-10(8-12(11)16)17-14(19)13(18)9-4-2-1-3-5-9/h1-8,13,18H,(H,17,19). The van der Waals surface area contributed by atoms with Gasteiger partial charge in [0.15, 0.2) is 6.10 Å². The average Bonchev–Trinajstić information content (AvgIpc) is 2.43. The topological polar surface area (TPSA) is 49.3 Å². The first-order valence-corrected chi connectivity index (χ1v) is 5.94. The molecule has 0 spiro atoms. The molecule has 0 aliphatic rings. The summed E-state index contributed by atoms with van der Waals surface area (Å²) in [4.78, 5) is 11.8. The first-order valence-electron chi connectivity index (χ1n) is 5.57. The number of aliphatic hydroxyl groups excluding tert-OH is 1. The first kappa shape index (κ1) is 13.5. The number of carbonyl (C=O) groups excluding carboxylic acids is 1. The van der Waals surface area contributed by atoms with Crippen molar-refractivity contribution >= 4 is 23.2 Å². The number of anilines is 1. The summed E-state index contributed by atoms with van der Waals surface area (Å²) >= 11 is 5.54. The van der Waals surface area contributed by atoms with Gasteiger partial charge in [0.05, 0.1) is 5.02 Å². The van der Waals surface area contributed by atoms with E-state index in [0.717, 1.165) is 6.07 Å². The quantitative estimate of drug-likeness (QED) is 0.907. The third-order valence-electron chi connectivity index (χ3n) is 2.55. The minimum Gasteiger partial charge on any atom is -0.378 e. The highest BCUT2D eigenvalue weighted by Crippen LogP contribution is 2.20. The molecule has 0 saturated heterocycles. The van der Waals surface area contributed by atoms with Gasteiger partial charge < -0.3 is 10.4 Å². The van der Waals surface area contributed by atoms with Crippen LogP contribution in [0.5, 0.6) is 0 Å². The summed E-state index contributed by atoms with van der Waals surface area (Å²) in [5.41, 5.74) is 0.705. The first-order chi connectivity index (χ1) is 9.08. The van der Waals surface area contributed by atoms with Crippen molar-refractivity contribution in [3.8, 4) is 0 Å². The van der Waals surface area contributed by atoms with Crippen molar-refractivity contribution in [2.75, 3.05) is 5.32 Å². The Bertz CT molecular complexity index is 589. The molecular formula is C14H11ClFNO2. The number of benzene rings is 2. The zero-order valence-electron chi connectivity index (χ0n) is 9.81. The van der Waals surface area contributed by atoms with Gasteiger partial charge in [-0.3, -0.25) is 4.79 Å². The van der Waals surface area contributed by atoms with Crippen molar-refractivity contribution in [3.05, 3.63) is 64.9 Å². The molecule has 0 radical (unpaired) electrons. The second-order valence-corrected chi connectivity index (χ2v) is 4.34. The van der Waals surface area contributed by atoms with Crippen LogP contribution in [0.3, 0.4) is 0 Å². The number of halogens is 2. The smallest absolute Gasteiger partial charge is 0.257 e. The van der Waals surface area contributed by atoms with Crippen molar-refractivity contribution in [2.24, 2.45) is 0 Å². The molecule has 1 atom stereocenters. The van der Waals surface area contributed by atoms with Crippen molar-refractivity contribution < 1.29 is 14.3 Å². The minimum atomic E-state index is -1.31. The van der Waals surface area contributed by atoms with Gasteiger partial charge in [-0.25, -0.2) is 4.39 Å². The summed E-state index contributed by atoms with van der Waals surface area (Å²) in [5.74, 6) is -1.26. The summed E-state index contributed by atoms with van der Waals surface area (Å²) in [6.45, 7) is 0. The normalized spacial score (nSPS) is 11.9. The van der Waals surface area contributed by atoms with E-state index in [4.69, 9.17) is 11.6 Å². The highest BCUT2D eigenvalue weighted by Gasteiger charge is 2.17. The molecule has 0 aliphatic carbocycles. The molecule has 0 heterocycles. The summed E-state index contributed by atoms with van der Waals surface area (Å²) in [6, 6.07) is 12.4. The Balaban J connectivity index is 2.10. The molecule has 2 aromatic rings. The van der Waals surface area contributed by atoms with Crippen molar-refractivity contribution in [1.29, 1.82) is 0 Å². The molecule has 5 heteroatoms. The largest absolute Gasteiger partial charge is 0.378 e. The Kier molecular flexibility index (Phi) is 4.14. The molecule has 1 unspecified atom stereocenters. The third kappa shape index (κ3) is 3.30. The fraction of sp³-hybridized carbons (Fsp3) is 0.0714. The van der Waals surface area contributed by atoms with Crippen LogP contribution in [0, 0.1) is 5.82 Å². The molecule has 98 valence electrons. The number of rotatable bonds is 3. The zero-order valence-corrected chi connectivity index (χ0v) is 10.6. The van der Waals surface area contributed by atoms with Gasteiger partial charge in [0.25, 0.3) is 5.91 Å². The lowest BCUT2D eigenvalue weighted by Gasteiger charge is -2.11. The Morgan fingerprint density at radius 2 is 1.89 bits per heavy atom. The van der Waals surface area contributed by atoms with Crippen LogP contribution in [-0.4, -0.2) is 11.0 Å². The highest BCUT2D eigenvalue weighted by atomic mass is 35.5. The fourth-order valence-electron chi connectivity index (χ4n) is 1.57. The number of nitrogens with one attached hydrogen (secondary N) is 1. The second-order valence-electron chi connectivity index (χ2n) is 3.93.